The molecule has 7 heteroatoms. The van der Waals surface area contributed by atoms with Gasteiger partial charge in [-0.3, -0.25) is 0 Å². The third-order valence-electron chi connectivity index (χ3n) is 6.67. The van der Waals surface area contributed by atoms with Crippen LogP contribution in [0.15, 0.2) is 95.4 Å². The van der Waals surface area contributed by atoms with E-state index in [1.54, 1.807) is 6.92 Å². The van der Waals surface area contributed by atoms with Crippen molar-refractivity contribution < 1.29 is 18.7 Å². The predicted octanol–water partition coefficient (Wildman–Crippen LogP) is 6.81. The quantitative estimate of drug-likeness (QED) is 0.128. The Hall–Kier alpha value is -4.91. The second kappa shape index (κ2) is 10.5. The van der Waals surface area contributed by atoms with E-state index in [1.165, 1.54) is 22.2 Å². The second-order valence-corrected chi connectivity index (χ2v) is 9.41. The molecule has 0 amide bonds. The van der Waals surface area contributed by atoms with E-state index >= 15 is 0 Å². The van der Waals surface area contributed by atoms with E-state index in [0.717, 1.165) is 29.7 Å². The average molecular weight is 518 g/mol. The first-order valence-corrected chi connectivity index (χ1v) is 12.9. The maximum Gasteiger partial charge on any atom is 0.333 e. The Bertz CT molecular complexity index is 1710. The number of fused-ring (bicyclic) bond motifs is 3. The summed E-state index contributed by atoms with van der Waals surface area (Å²) in [5.41, 5.74) is 6.86. The minimum atomic E-state index is -0.434. The molecule has 5 aromatic rings. The molecule has 0 spiro atoms. The largest absolute Gasteiger partial charge is 0.490 e. The van der Waals surface area contributed by atoms with Crippen LogP contribution in [0.2, 0.25) is 0 Å². The van der Waals surface area contributed by atoms with E-state index in [1.807, 2.05) is 36.4 Å². The standard InChI is InChI=1S/C32H27N3O4/c1-21(2)32(36)38-19-18-37-25-9-7-8-23(20-25)31-34-33-30(39-31)22-14-16-24(17-15-22)35-28-12-5-3-10-26(28)27-11-4-6-13-29(27)35/h3,5-10,12-17,20H,1,4,11,18-19H2,2H3. The van der Waals surface area contributed by atoms with Gasteiger partial charge in [0.15, 0.2) is 0 Å². The number of benzene rings is 3. The molecular weight excluding hydrogens is 490 g/mol. The Balaban J connectivity index is 1.20. The summed E-state index contributed by atoms with van der Waals surface area (Å²) < 4.78 is 19.1. The van der Waals surface area contributed by atoms with Gasteiger partial charge in [-0.25, -0.2) is 4.79 Å². The first-order chi connectivity index (χ1) is 19.1. The minimum absolute atomic E-state index is 0.133. The zero-order valence-electron chi connectivity index (χ0n) is 21.6. The lowest BCUT2D eigenvalue weighted by molar-refractivity contribution is -0.139. The molecule has 0 N–H and O–H groups in total. The Labute approximate surface area is 226 Å². The third kappa shape index (κ3) is 4.86. The number of hydrogen-bond donors (Lipinski definition) is 0. The first kappa shape index (κ1) is 24.4. The van der Waals surface area contributed by atoms with Crippen LogP contribution >= 0.6 is 0 Å². The molecule has 7 nitrogen and oxygen atoms in total. The van der Waals surface area contributed by atoms with Crippen molar-refractivity contribution in [2.75, 3.05) is 13.2 Å². The number of carbonyl (C=O) groups excluding carboxylic acids is 1. The molecule has 1 aliphatic rings. The maximum atomic E-state index is 11.5. The van der Waals surface area contributed by atoms with Crippen LogP contribution in [0.25, 0.3) is 45.6 Å². The van der Waals surface area contributed by atoms with Crippen LogP contribution in [0, 0.1) is 0 Å². The summed E-state index contributed by atoms with van der Waals surface area (Å²) in [5.74, 6) is 1.01. The van der Waals surface area contributed by atoms with E-state index in [-0.39, 0.29) is 13.2 Å². The van der Waals surface area contributed by atoms with Gasteiger partial charge in [-0.1, -0.05) is 36.9 Å². The molecular formula is C32H27N3O4. The Morgan fingerprint density at radius 2 is 1.77 bits per heavy atom. The number of allylic oxidation sites excluding steroid dienone is 1. The van der Waals surface area contributed by atoms with Gasteiger partial charge in [0, 0.05) is 33.5 Å². The molecule has 0 saturated heterocycles. The summed E-state index contributed by atoms with van der Waals surface area (Å²) >= 11 is 0. The molecule has 0 fully saturated rings. The lowest BCUT2D eigenvalue weighted by Gasteiger charge is -2.12. The van der Waals surface area contributed by atoms with E-state index in [9.17, 15) is 4.79 Å². The van der Waals surface area contributed by atoms with Gasteiger partial charge in [0.2, 0.25) is 11.8 Å². The molecule has 3 aromatic carbocycles. The molecule has 2 aromatic heterocycles. The highest BCUT2D eigenvalue weighted by molar-refractivity contribution is 5.90. The molecule has 194 valence electrons. The molecule has 0 radical (unpaired) electrons. The van der Waals surface area contributed by atoms with E-state index in [4.69, 9.17) is 13.9 Å². The van der Waals surface area contributed by atoms with Gasteiger partial charge in [-0.2, -0.15) is 0 Å². The van der Waals surface area contributed by atoms with Crippen LogP contribution in [-0.2, 0) is 16.0 Å². The fourth-order valence-corrected chi connectivity index (χ4v) is 4.81. The van der Waals surface area contributed by atoms with Crippen molar-refractivity contribution in [3.05, 3.63) is 102 Å². The summed E-state index contributed by atoms with van der Waals surface area (Å²) in [6.45, 7) is 5.52. The fraction of sp³-hybridized carbons (Fsp3) is 0.156. The Morgan fingerprint density at radius 1 is 0.974 bits per heavy atom. The lowest BCUT2D eigenvalue weighted by Crippen LogP contribution is -2.12. The van der Waals surface area contributed by atoms with E-state index in [0.29, 0.717) is 23.1 Å². The molecule has 1 aliphatic carbocycles. The van der Waals surface area contributed by atoms with Crippen LogP contribution in [0.4, 0.5) is 0 Å². The summed E-state index contributed by atoms with van der Waals surface area (Å²) in [6.07, 6.45) is 6.59. The van der Waals surface area contributed by atoms with Gasteiger partial charge in [0.05, 0.1) is 5.52 Å². The summed E-state index contributed by atoms with van der Waals surface area (Å²) in [6, 6.07) is 24.1. The SMILES string of the molecule is C=C(C)C(=O)OCCOc1cccc(-c2nnc(-c3ccc(-n4c5c(c6ccccc64)CCC=C5)cc3)o2)c1. The minimum Gasteiger partial charge on any atom is -0.490 e. The van der Waals surface area contributed by atoms with Gasteiger partial charge in [0.25, 0.3) is 0 Å². The van der Waals surface area contributed by atoms with Crippen molar-refractivity contribution >= 4 is 22.9 Å². The topological polar surface area (TPSA) is 79.4 Å². The highest BCUT2D eigenvalue weighted by Gasteiger charge is 2.18. The number of nitrogens with zero attached hydrogens (tertiary/aromatic N) is 3. The Morgan fingerprint density at radius 3 is 2.59 bits per heavy atom. The summed E-state index contributed by atoms with van der Waals surface area (Å²) in [7, 11) is 0. The van der Waals surface area contributed by atoms with E-state index < -0.39 is 5.97 Å². The average Bonchev–Trinajstić information content (AvgIpc) is 3.59. The van der Waals surface area contributed by atoms with E-state index in [2.05, 4.69) is 69.9 Å². The normalized spacial score (nSPS) is 12.3. The van der Waals surface area contributed by atoms with Crippen molar-refractivity contribution in [1.29, 1.82) is 0 Å². The van der Waals surface area contributed by atoms with Crippen molar-refractivity contribution in [2.24, 2.45) is 0 Å². The monoisotopic (exact) mass is 517 g/mol. The third-order valence-corrected chi connectivity index (χ3v) is 6.67. The molecule has 2 heterocycles. The molecule has 0 unspecified atom stereocenters. The number of carbonyl (C=O) groups is 1. The van der Waals surface area contributed by atoms with Crippen molar-refractivity contribution in [3.8, 4) is 34.3 Å². The molecule has 0 bridgehead atoms. The Kier molecular flexibility index (Phi) is 6.55. The fourth-order valence-electron chi connectivity index (χ4n) is 4.81. The van der Waals surface area contributed by atoms with Crippen LogP contribution < -0.4 is 4.74 Å². The van der Waals surface area contributed by atoms with Crippen LogP contribution in [-0.4, -0.2) is 33.9 Å². The lowest BCUT2D eigenvalue weighted by atomic mass is 10.0. The molecule has 0 saturated carbocycles. The molecule has 0 atom stereocenters. The van der Waals surface area contributed by atoms with Crippen LogP contribution in [0.3, 0.4) is 0 Å². The predicted molar refractivity (Wildman–Crippen MR) is 151 cm³/mol. The number of esters is 1. The van der Waals surface area contributed by atoms with Crippen LogP contribution in [0.1, 0.15) is 24.6 Å². The number of para-hydroxylation sites is 1. The molecule has 6 rings (SSSR count). The van der Waals surface area contributed by atoms with Gasteiger partial charge in [0.1, 0.15) is 19.0 Å². The van der Waals surface area contributed by atoms with Crippen molar-refractivity contribution in [1.82, 2.24) is 14.8 Å². The number of rotatable bonds is 8. The maximum absolute atomic E-state index is 11.5. The van der Waals surface area contributed by atoms with Crippen molar-refractivity contribution in [2.45, 2.75) is 19.8 Å². The highest BCUT2D eigenvalue weighted by atomic mass is 16.6. The van der Waals surface area contributed by atoms with Gasteiger partial charge >= 0.3 is 5.97 Å². The number of hydrogen-bond acceptors (Lipinski definition) is 6. The first-order valence-electron chi connectivity index (χ1n) is 12.9. The van der Waals surface area contributed by atoms with Gasteiger partial charge in [-0.15, -0.1) is 10.2 Å². The molecule has 0 aliphatic heterocycles. The zero-order chi connectivity index (χ0) is 26.8. The summed E-state index contributed by atoms with van der Waals surface area (Å²) in [4.78, 5) is 11.5. The number of ether oxygens (including phenoxy) is 2. The van der Waals surface area contributed by atoms with Crippen molar-refractivity contribution in [3.63, 3.8) is 0 Å². The number of aromatic nitrogens is 3. The smallest absolute Gasteiger partial charge is 0.333 e. The zero-order valence-corrected chi connectivity index (χ0v) is 21.6. The number of aryl methyl sites for hydroxylation is 1. The van der Waals surface area contributed by atoms with Gasteiger partial charge in [-0.05, 0) is 79.9 Å². The van der Waals surface area contributed by atoms with Gasteiger partial charge < -0.3 is 18.5 Å². The second-order valence-electron chi connectivity index (χ2n) is 9.41. The highest BCUT2D eigenvalue weighted by Crippen LogP contribution is 2.34. The summed E-state index contributed by atoms with van der Waals surface area (Å²) in [5, 5.41) is 9.83. The molecule has 39 heavy (non-hydrogen) atoms. The van der Waals surface area contributed by atoms with Crippen LogP contribution in [0.5, 0.6) is 5.75 Å².